The van der Waals surface area contributed by atoms with Gasteiger partial charge < -0.3 is 9.97 Å². The van der Waals surface area contributed by atoms with Crippen LogP contribution in [0.15, 0.2) is 48.5 Å². The van der Waals surface area contributed by atoms with Crippen LogP contribution in [0.1, 0.15) is 124 Å². The molecule has 1 aromatic carbocycles. The van der Waals surface area contributed by atoms with E-state index in [9.17, 15) is 0 Å². The van der Waals surface area contributed by atoms with Crippen LogP contribution < -0.4 is 0 Å². The minimum atomic E-state index is 0.885. The fourth-order valence-electron chi connectivity index (χ4n) is 6.83. The van der Waals surface area contributed by atoms with Gasteiger partial charge in [0, 0.05) is 44.4 Å². The summed E-state index contributed by atoms with van der Waals surface area (Å²) >= 11 is 0. The second-order valence-electron chi connectivity index (χ2n) is 12.9. The van der Waals surface area contributed by atoms with E-state index in [1.54, 1.807) is 0 Å². The van der Waals surface area contributed by atoms with Gasteiger partial charge in [-0.25, -0.2) is 9.97 Å². The average molecular weight is 621 g/mol. The first kappa shape index (κ1) is 32.3. The van der Waals surface area contributed by atoms with Crippen LogP contribution in [0.2, 0.25) is 0 Å². The first-order valence-corrected chi connectivity index (χ1v) is 17.8. The first-order chi connectivity index (χ1) is 23.1. The standard InChI is InChI=1S/C43H48N4/c1-5-9-12-15-34-38-23-22-32(44-38)28-33-29-37(31-20-18-30(8-4)19-21-31)43(45-33)36(17-14-11-7-3)42-27-26-41(47-42)35(16-13-10-6-2)40-25-24-39(34)46-40/h4,18-29,45-46H,5-7,9-17H2,1-3H3. The van der Waals surface area contributed by atoms with Gasteiger partial charge in [-0.15, -0.1) is 6.42 Å². The van der Waals surface area contributed by atoms with Gasteiger partial charge in [0.25, 0.3) is 0 Å². The average Bonchev–Trinajstić information content (AvgIpc) is 3.92. The number of terminal acetylenes is 1. The van der Waals surface area contributed by atoms with Crippen molar-refractivity contribution in [3.8, 4) is 23.5 Å². The Bertz CT molecular complexity index is 1970. The SMILES string of the molecule is C#Cc1ccc(-c2cc3cc4nc(c(CCCCC)c5ccc([nH]5)c(CCCCC)c5nc(c(CCCCC)c2[nH]3)C=C5)C=C4)cc1. The summed E-state index contributed by atoms with van der Waals surface area (Å²) in [6.45, 7) is 6.79. The molecular formula is C43H48N4. The number of benzene rings is 1. The lowest BCUT2D eigenvalue weighted by Crippen LogP contribution is -1.95. The molecule has 0 saturated heterocycles. The molecule has 0 radical (unpaired) electrons. The zero-order chi connectivity index (χ0) is 32.6. The van der Waals surface area contributed by atoms with E-state index in [2.05, 4.69) is 97.4 Å². The molecule has 0 fully saturated rings. The number of fused-ring (bicyclic) bond motifs is 8. The molecule has 4 nitrogen and oxygen atoms in total. The molecular weight excluding hydrogens is 573 g/mol. The van der Waals surface area contributed by atoms with Crippen molar-refractivity contribution in [3.63, 3.8) is 0 Å². The maximum absolute atomic E-state index is 5.72. The lowest BCUT2D eigenvalue weighted by molar-refractivity contribution is 0.715. The number of hydrogen-bond donors (Lipinski definition) is 2. The Morgan fingerprint density at radius 3 is 1.74 bits per heavy atom. The fourth-order valence-corrected chi connectivity index (χ4v) is 6.83. The van der Waals surface area contributed by atoms with E-state index in [-0.39, 0.29) is 0 Å². The number of unbranched alkanes of at least 4 members (excludes halogenated alkanes) is 6. The molecule has 2 N–H and O–H groups in total. The number of nitrogens with zero attached hydrogens (tertiary/aromatic N) is 2. The van der Waals surface area contributed by atoms with Gasteiger partial charge in [0.05, 0.1) is 28.3 Å². The molecule has 0 amide bonds. The Morgan fingerprint density at radius 2 is 1.15 bits per heavy atom. The Labute approximate surface area is 280 Å². The van der Waals surface area contributed by atoms with Crippen molar-refractivity contribution in [2.24, 2.45) is 0 Å². The predicted molar refractivity (Wildman–Crippen MR) is 202 cm³/mol. The normalized spacial score (nSPS) is 12.1. The zero-order valence-corrected chi connectivity index (χ0v) is 28.4. The Hall–Kier alpha value is -4.62. The summed E-state index contributed by atoms with van der Waals surface area (Å²) in [5, 5.41) is 0. The third kappa shape index (κ3) is 7.36. The van der Waals surface area contributed by atoms with E-state index in [1.807, 2.05) is 12.1 Å². The topological polar surface area (TPSA) is 57.4 Å². The van der Waals surface area contributed by atoms with Gasteiger partial charge in [0.1, 0.15) is 0 Å². The van der Waals surface area contributed by atoms with E-state index in [0.717, 1.165) is 83.5 Å². The van der Waals surface area contributed by atoms with Gasteiger partial charge in [-0.2, -0.15) is 0 Å². The Morgan fingerprint density at radius 1 is 0.596 bits per heavy atom. The van der Waals surface area contributed by atoms with Crippen LogP contribution in [0.3, 0.4) is 0 Å². The van der Waals surface area contributed by atoms with Crippen LogP contribution in [-0.2, 0) is 19.3 Å². The molecule has 3 aromatic heterocycles. The smallest absolute Gasteiger partial charge is 0.0690 e. The van der Waals surface area contributed by atoms with Crippen molar-refractivity contribution in [3.05, 3.63) is 93.6 Å². The monoisotopic (exact) mass is 620 g/mol. The second kappa shape index (κ2) is 15.3. The maximum atomic E-state index is 5.72. The quantitative estimate of drug-likeness (QED) is 0.0997. The third-order valence-corrected chi connectivity index (χ3v) is 9.46. The Kier molecular flexibility index (Phi) is 10.5. The lowest BCUT2D eigenvalue weighted by atomic mass is 9.99. The summed E-state index contributed by atoms with van der Waals surface area (Å²) in [5.74, 6) is 2.77. The van der Waals surface area contributed by atoms with Gasteiger partial charge in [0.2, 0.25) is 0 Å². The molecule has 240 valence electrons. The summed E-state index contributed by atoms with van der Waals surface area (Å²) in [5.41, 5.74) is 15.7. The van der Waals surface area contributed by atoms with Crippen molar-refractivity contribution in [1.82, 2.24) is 19.9 Å². The number of aromatic nitrogens is 4. The summed E-state index contributed by atoms with van der Waals surface area (Å²) in [4.78, 5) is 18.3. The summed E-state index contributed by atoms with van der Waals surface area (Å²) in [6.07, 6.45) is 28.0. The molecule has 0 aliphatic carbocycles. The number of H-pyrrole nitrogens is 2. The van der Waals surface area contributed by atoms with Crippen LogP contribution >= 0.6 is 0 Å². The zero-order valence-electron chi connectivity index (χ0n) is 28.4. The molecule has 5 heterocycles. The number of rotatable bonds is 13. The van der Waals surface area contributed by atoms with E-state index < -0.39 is 0 Å². The van der Waals surface area contributed by atoms with Crippen LogP contribution in [-0.4, -0.2) is 19.9 Å². The summed E-state index contributed by atoms with van der Waals surface area (Å²) < 4.78 is 0. The van der Waals surface area contributed by atoms with Crippen LogP contribution in [0.25, 0.3) is 57.5 Å². The highest BCUT2D eigenvalue weighted by Crippen LogP contribution is 2.33. The second-order valence-corrected chi connectivity index (χ2v) is 12.9. The summed E-state index contributed by atoms with van der Waals surface area (Å²) in [6, 6.07) is 17.3. The molecule has 0 saturated carbocycles. The maximum Gasteiger partial charge on any atom is 0.0690 e. The van der Waals surface area contributed by atoms with Crippen molar-refractivity contribution in [2.75, 3.05) is 0 Å². The minimum absolute atomic E-state index is 0.885. The number of nitrogens with one attached hydrogen (secondary N) is 2. The Balaban J connectivity index is 1.68. The third-order valence-electron chi connectivity index (χ3n) is 9.46. The molecule has 0 atom stereocenters. The highest BCUT2D eigenvalue weighted by atomic mass is 14.8. The molecule has 4 heteroatoms. The van der Waals surface area contributed by atoms with Gasteiger partial charge >= 0.3 is 0 Å². The van der Waals surface area contributed by atoms with Crippen molar-refractivity contribution < 1.29 is 0 Å². The molecule has 0 unspecified atom stereocenters. The van der Waals surface area contributed by atoms with Gasteiger partial charge in [-0.1, -0.05) is 77.3 Å². The molecule has 0 spiro atoms. The summed E-state index contributed by atoms with van der Waals surface area (Å²) in [7, 11) is 0. The molecule has 8 bridgehead atoms. The molecule has 47 heavy (non-hydrogen) atoms. The lowest BCUT2D eigenvalue weighted by Gasteiger charge is -2.07. The van der Waals surface area contributed by atoms with Crippen LogP contribution in [0, 0.1) is 12.3 Å². The number of aromatic amines is 2. The van der Waals surface area contributed by atoms with E-state index in [4.69, 9.17) is 16.4 Å². The van der Waals surface area contributed by atoms with Gasteiger partial charge in [-0.05, 0) is 105 Å². The van der Waals surface area contributed by atoms with Crippen LogP contribution in [0.5, 0.6) is 0 Å². The molecule has 2 aliphatic rings. The first-order valence-electron chi connectivity index (χ1n) is 17.8. The highest BCUT2D eigenvalue weighted by Gasteiger charge is 2.16. The number of hydrogen-bond acceptors (Lipinski definition) is 2. The van der Waals surface area contributed by atoms with E-state index in [0.29, 0.717) is 0 Å². The largest absolute Gasteiger partial charge is 0.355 e. The predicted octanol–water partition coefficient (Wildman–Crippen LogP) is 11.5. The van der Waals surface area contributed by atoms with E-state index >= 15 is 0 Å². The van der Waals surface area contributed by atoms with Gasteiger partial charge in [0.15, 0.2) is 0 Å². The minimum Gasteiger partial charge on any atom is -0.355 e. The molecule has 6 rings (SSSR count). The van der Waals surface area contributed by atoms with Crippen LogP contribution in [0.4, 0.5) is 0 Å². The van der Waals surface area contributed by atoms with Crippen molar-refractivity contribution in [1.29, 1.82) is 0 Å². The van der Waals surface area contributed by atoms with Crippen molar-refractivity contribution in [2.45, 2.75) is 97.8 Å². The number of aryl methyl sites for hydroxylation is 3. The molecule has 4 aromatic rings. The fraction of sp³-hybridized carbons (Fsp3) is 0.349. The van der Waals surface area contributed by atoms with Crippen molar-refractivity contribution >= 4 is 46.4 Å². The highest BCUT2D eigenvalue weighted by molar-refractivity contribution is 5.91. The van der Waals surface area contributed by atoms with Gasteiger partial charge in [-0.3, -0.25) is 0 Å². The van der Waals surface area contributed by atoms with E-state index in [1.165, 1.54) is 71.8 Å². The molecule has 2 aliphatic heterocycles.